The van der Waals surface area contributed by atoms with Crippen LogP contribution in [0.25, 0.3) is 0 Å². The van der Waals surface area contributed by atoms with E-state index in [1.165, 1.54) is 44.5 Å². The molecule has 0 aliphatic carbocycles. The van der Waals surface area contributed by atoms with Crippen LogP contribution in [0.5, 0.6) is 0 Å². The largest absolute Gasteiger partial charge is 0.315 e. The Morgan fingerprint density at radius 3 is 2.35 bits per heavy atom. The van der Waals surface area contributed by atoms with Crippen molar-refractivity contribution >= 4 is 0 Å². The van der Waals surface area contributed by atoms with Crippen LogP contribution < -0.4 is 5.32 Å². The van der Waals surface area contributed by atoms with E-state index in [2.05, 4.69) is 61.4 Å². The first-order valence-electron chi connectivity index (χ1n) is 8.12. The molecule has 2 nitrogen and oxygen atoms in total. The number of hydrogen-bond donors (Lipinski definition) is 1. The van der Waals surface area contributed by atoms with E-state index in [9.17, 15) is 0 Å². The van der Waals surface area contributed by atoms with Gasteiger partial charge in [0.15, 0.2) is 0 Å². The van der Waals surface area contributed by atoms with Gasteiger partial charge >= 0.3 is 0 Å². The van der Waals surface area contributed by atoms with Gasteiger partial charge in [0.05, 0.1) is 0 Å². The molecule has 1 aliphatic heterocycles. The van der Waals surface area contributed by atoms with Gasteiger partial charge in [0.2, 0.25) is 0 Å². The number of likely N-dealkylation sites (N-methyl/N-ethyl adjacent to an activating group) is 1. The van der Waals surface area contributed by atoms with Gasteiger partial charge in [0.25, 0.3) is 0 Å². The second-order valence-corrected chi connectivity index (χ2v) is 6.57. The Balaban J connectivity index is 1.75. The van der Waals surface area contributed by atoms with Gasteiger partial charge in [-0.2, -0.15) is 0 Å². The van der Waals surface area contributed by atoms with Crippen molar-refractivity contribution in [3.8, 4) is 0 Å². The Kier molecular flexibility index (Phi) is 6.06. The van der Waals surface area contributed by atoms with Crippen LogP contribution in [0, 0.1) is 11.8 Å². The summed E-state index contributed by atoms with van der Waals surface area (Å²) in [6, 6.07) is 11.6. The molecule has 112 valence electrons. The zero-order chi connectivity index (χ0) is 14.4. The topological polar surface area (TPSA) is 15.3 Å². The third kappa shape index (κ3) is 4.60. The maximum atomic E-state index is 3.46. The number of nitrogens with one attached hydrogen (secondary N) is 1. The highest BCUT2D eigenvalue weighted by atomic mass is 15.2. The molecular formula is C18H30N2. The molecule has 1 atom stereocenters. The van der Waals surface area contributed by atoms with Gasteiger partial charge in [0.1, 0.15) is 0 Å². The minimum absolute atomic E-state index is 0.626. The maximum Gasteiger partial charge on any atom is 0.0214 e. The van der Waals surface area contributed by atoms with Gasteiger partial charge in [-0.1, -0.05) is 44.2 Å². The maximum absolute atomic E-state index is 3.46. The number of piperidine rings is 1. The van der Waals surface area contributed by atoms with Gasteiger partial charge < -0.3 is 10.2 Å². The van der Waals surface area contributed by atoms with Crippen molar-refractivity contribution in [2.75, 3.05) is 26.7 Å². The number of rotatable bonds is 6. The van der Waals surface area contributed by atoms with Crippen molar-refractivity contribution in [1.82, 2.24) is 10.2 Å². The van der Waals surface area contributed by atoms with Gasteiger partial charge in [-0.3, -0.25) is 0 Å². The summed E-state index contributed by atoms with van der Waals surface area (Å²) in [6.07, 6.45) is 3.96. The van der Waals surface area contributed by atoms with Crippen LogP contribution in [0.3, 0.4) is 0 Å². The second-order valence-electron chi connectivity index (χ2n) is 6.57. The van der Waals surface area contributed by atoms with Crippen LogP contribution in [0.1, 0.15) is 32.3 Å². The molecule has 2 rings (SSSR count). The summed E-state index contributed by atoms with van der Waals surface area (Å²) in [6.45, 7) is 8.35. The molecule has 1 aliphatic rings. The first-order chi connectivity index (χ1) is 9.69. The number of likely N-dealkylation sites (tertiary alicyclic amines) is 1. The molecule has 0 radical (unpaired) electrons. The number of hydrogen-bond acceptors (Lipinski definition) is 2. The molecule has 1 aromatic rings. The standard InChI is InChI=1S/C18H30N2/c1-15(2)18(19-3)14-20-11-9-17(10-12-20)13-16-7-5-4-6-8-16/h4-8,15,17-19H,9-14H2,1-3H3. The van der Waals surface area contributed by atoms with E-state index < -0.39 is 0 Å². The molecule has 0 amide bonds. The normalized spacial score (nSPS) is 19.4. The van der Waals surface area contributed by atoms with Gasteiger partial charge in [-0.05, 0) is 56.8 Å². The van der Waals surface area contributed by atoms with Gasteiger partial charge in [-0.15, -0.1) is 0 Å². The first-order valence-corrected chi connectivity index (χ1v) is 8.12. The van der Waals surface area contributed by atoms with Gasteiger partial charge in [-0.25, -0.2) is 0 Å². The fraction of sp³-hybridized carbons (Fsp3) is 0.667. The third-order valence-electron chi connectivity index (χ3n) is 4.70. The average Bonchev–Trinajstić information content (AvgIpc) is 2.47. The SMILES string of the molecule is CNC(CN1CCC(Cc2ccccc2)CC1)C(C)C. The molecule has 1 aromatic carbocycles. The monoisotopic (exact) mass is 274 g/mol. The Bertz CT molecular complexity index is 366. The molecule has 1 fully saturated rings. The summed E-state index contributed by atoms with van der Waals surface area (Å²) >= 11 is 0. The second kappa shape index (κ2) is 7.80. The van der Waals surface area contributed by atoms with Crippen LogP contribution in [0.15, 0.2) is 30.3 Å². The molecular weight excluding hydrogens is 244 g/mol. The van der Waals surface area contributed by atoms with E-state index in [4.69, 9.17) is 0 Å². The van der Waals surface area contributed by atoms with Crippen molar-refractivity contribution < 1.29 is 0 Å². The fourth-order valence-electron chi connectivity index (χ4n) is 3.23. The van der Waals surface area contributed by atoms with E-state index in [1.54, 1.807) is 0 Å². The molecule has 1 heterocycles. The quantitative estimate of drug-likeness (QED) is 0.857. The molecule has 0 bridgehead atoms. The van der Waals surface area contributed by atoms with Crippen molar-refractivity contribution in [2.24, 2.45) is 11.8 Å². The summed E-state index contributed by atoms with van der Waals surface area (Å²) < 4.78 is 0. The summed E-state index contributed by atoms with van der Waals surface area (Å²) in [7, 11) is 2.09. The molecule has 0 spiro atoms. The van der Waals surface area contributed by atoms with Crippen LogP contribution in [0.4, 0.5) is 0 Å². The Morgan fingerprint density at radius 2 is 1.80 bits per heavy atom. The third-order valence-corrected chi connectivity index (χ3v) is 4.70. The average molecular weight is 274 g/mol. The van der Waals surface area contributed by atoms with Crippen LogP contribution in [-0.2, 0) is 6.42 Å². The Morgan fingerprint density at radius 1 is 1.15 bits per heavy atom. The molecule has 2 heteroatoms. The highest BCUT2D eigenvalue weighted by Crippen LogP contribution is 2.22. The summed E-state index contributed by atoms with van der Waals surface area (Å²) in [5.41, 5.74) is 1.50. The predicted octanol–water partition coefficient (Wildman–Crippen LogP) is 3.19. The number of nitrogens with zero attached hydrogens (tertiary/aromatic N) is 1. The zero-order valence-corrected chi connectivity index (χ0v) is 13.3. The lowest BCUT2D eigenvalue weighted by Crippen LogP contribution is -2.45. The van der Waals surface area contributed by atoms with E-state index in [0.29, 0.717) is 12.0 Å². The Hall–Kier alpha value is -0.860. The van der Waals surface area contributed by atoms with E-state index in [0.717, 1.165) is 5.92 Å². The predicted molar refractivity (Wildman–Crippen MR) is 87.0 cm³/mol. The summed E-state index contributed by atoms with van der Waals surface area (Å²) in [4.78, 5) is 2.64. The molecule has 1 N–H and O–H groups in total. The van der Waals surface area contributed by atoms with Crippen LogP contribution >= 0.6 is 0 Å². The fourth-order valence-corrected chi connectivity index (χ4v) is 3.23. The molecule has 0 saturated carbocycles. The van der Waals surface area contributed by atoms with Gasteiger partial charge in [0, 0.05) is 12.6 Å². The van der Waals surface area contributed by atoms with Crippen molar-refractivity contribution in [3.05, 3.63) is 35.9 Å². The summed E-state index contributed by atoms with van der Waals surface area (Å²) in [5.74, 6) is 1.59. The Labute approximate surface area is 124 Å². The smallest absolute Gasteiger partial charge is 0.0214 e. The van der Waals surface area contributed by atoms with E-state index in [-0.39, 0.29) is 0 Å². The lowest BCUT2D eigenvalue weighted by Gasteiger charge is -2.35. The van der Waals surface area contributed by atoms with Crippen molar-refractivity contribution in [1.29, 1.82) is 0 Å². The molecule has 0 aromatic heterocycles. The minimum atomic E-state index is 0.626. The lowest BCUT2D eigenvalue weighted by atomic mass is 9.89. The molecule has 20 heavy (non-hydrogen) atoms. The lowest BCUT2D eigenvalue weighted by molar-refractivity contribution is 0.158. The highest BCUT2D eigenvalue weighted by Gasteiger charge is 2.22. The van der Waals surface area contributed by atoms with Crippen LogP contribution in [-0.4, -0.2) is 37.6 Å². The molecule has 1 saturated heterocycles. The number of benzene rings is 1. The van der Waals surface area contributed by atoms with Crippen molar-refractivity contribution in [3.63, 3.8) is 0 Å². The summed E-state index contributed by atoms with van der Waals surface area (Å²) in [5, 5.41) is 3.46. The van der Waals surface area contributed by atoms with Crippen molar-refractivity contribution in [2.45, 2.75) is 39.2 Å². The first kappa shape index (κ1) is 15.5. The molecule has 1 unspecified atom stereocenters. The minimum Gasteiger partial charge on any atom is -0.315 e. The zero-order valence-electron chi connectivity index (χ0n) is 13.3. The van der Waals surface area contributed by atoms with E-state index in [1.807, 2.05) is 0 Å². The van der Waals surface area contributed by atoms with Crippen LogP contribution in [0.2, 0.25) is 0 Å². The highest BCUT2D eigenvalue weighted by molar-refractivity contribution is 5.15. The van der Waals surface area contributed by atoms with E-state index >= 15 is 0 Å².